The Morgan fingerprint density at radius 1 is 1.48 bits per heavy atom. The number of nitrogens with zero attached hydrogens (tertiary/aromatic N) is 1. The predicted octanol–water partition coefficient (Wildman–Crippen LogP) is 3.45. The Morgan fingerprint density at radius 2 is 2.24 bits per heavy atom. The van der Waals surface area contributed by atoms with Crippen molar-refractivity contribution < 1.29 is 4.74 Å². The summed E-state index contributed by atoms with van der Waals surface area (Å²) in [7, 11) is 0. The monoisotopic (exact) mass is 304 g/mol. The van der Waals surface area contributed by atoms with E-state index in [1.165, 1.54) is 19.3 Å². The van der Waals surface area contributed by atoms with Gasteiger partial charge in [0, 0.05) is 6.20 Å². The maximum atomic E-state index is 6.28. The van der Waals surface area contributed by atoms with Gasteiger partial charge in [-0.25, -0.2) is 0 Å². The first-order valence-electron chi connectivity index (χ1n) is 7.71. The molecule has 2 saturated carbocycles. The van der Waals surface area contributed by atoms with Crippen LogP contribution in [0.1, 0.15) is 51.3 Å². The van der Waals surface area contributed by atoms with E-state index in [2.05, 4.69) is 25.8 Å². The van der Waals surface area contributed by atoms with Gasteiger partial charge in [0.2, 0.25) is 0 Å². The summed E-state index contributed by atoms with van der Waals surface area (Å²) in [6, 6.07) is 3.91. The number of pyridine rings is 1. The summed E-state index contributed by atoms with van der Waals surface area (Å²) in [5.41, 5.74) is 8.09. The van der Waals surface area contributed by atoms with Crippen LogP contribution in [0.2, 0.25) is 0 Å². The lowest BCUT2D eigenvalue weighted by Gasteiger charge is -2.38. The van der Waals surface area contributed by atoms with Gasteiger partial charge in [0.25, 0.3) is 0 Å². The van der Waals surface area contributed by atoms with E-state index in [1.807, 2.05) is 12.1 Å². The van der Waals surface area contributed by atoms with Crippen LogP contribution >= 0.6 is 12.2 Å². The lowest BCUT2D eigenvalue weighted by atomic mass is 9.70. The topological polar surface area (TPSA) is 48.1 Å². The Balaban J connectivity index is 1.69. The fourth-order valence-corrected chi connectivity index (χ4v) is 4.39. The highest BCUT2D eigenvalue weighted by Gasteiger charge is 2.61. The molecule has 1 aromatic rings. The lowest BCUT2D eigenvalue weighted by molar-refractivity contribution is -0.0550. The molecule has 3 atom stereocenters. The first kappa shape index (κ1) is 14.9. The van der Waals surface area contributed by atoms with Crippen molar-refractivity contribution in [2.24, 2.45) is 22.5 Å². The third-order valence-corrected chi connectivity index (χ3v) is 6.45. The SMILES string of the molecule is CC1(C)C2CCC1(C)C(OCc1ccnc(C(N)=S)c1)C2. The Hall–Kier alpha value is -1.00. The molecule has 114 valence electrons. The van der Waals surface area contributed by atoms with Gasteiger partial charge in [-0.1, -0.05) is 33.0 Å². The van der Waals surface area contributed by atoms with E-state index in [0.29, 0.717) is 34.2 Å². The van der Waals surface area contributed by atoms with Gasteiger partial charge in [-0.2, -0.15) is 0 Å². The minimum Gasteiger partial charge on any atom is -0.388 e. The molecule has 0 saturated heterocycles. The zero-order chi connectivity index (χ0) is 15.3. The van der Waals surface area contributed by atoms with Gasteiger partial charge in [-0.15, -0.1) is 0 Å². The first-order chi connectivity index (χ1) is 9.84. The first-order valence-corrected chi connectivity index (χ1v) is 8.12. The van der Waals surface area contributed by atoms with Gasteiger partial charge in [0.15, 0.2) is 0 Å². The molecule has 3 rings (SSSR count). The molecule has 2 aliphatic rings. The van der Waals surface area contributed by atoms with Gasteiger partial charge >= 0.3 is 0 Å². The van der Waals surface area contributed by atoms with Gasteiger partial charge < -0.3 is 10.5 Å². The van der Waals surface area contributed by atoms with E-state index in [9.17, 15) is 0 Å². The number of thiocarbonyl (C=S) groups is 1. The van der Waals surface area contributed by atoms with Gasteiger partial charge in [-0.05, 0) is 53.7 Å². The molecule has 2 bridgehead atoms. The van der Waals surface area contributed by atoms with Gasteiger partial charge in [0.1, 0.15) is 4.99 Å². The molecule has 0 amide bonds. The average Bonchev–Trinajstić information content (AvgIpc) is 2.78. The zero-order valence-electron chi connectivity index (χ0n) is 13.1. The normalized spacial score (nSPS) is 33.3. The van der Waals surface area contributed by atoms with E-state index in [0.717, 1.165) is 11.5 Å². The second-order valence-electron chi connectivity index (χ2n) is 7.32. The van der Waals surface area contributed by atoms with E-state index in [1.54, 1.807) is 6.20 Å². The number of ether oxygens (including phenoxy) is 1. The minimum absolute atomic E-state index is 0.302. The number of hydrogen-bond acceptors (Lipinski definition) is 3. The summed E-state index contributed by atoms with van der Waals surface area (Å²) in [5.74, 6) is 0.803. The van der Waals surface area contributed by atoms with Crippen LogP contribution in [0.3, 0.4) is 0 Å². The molecule has 3 nitrogen and oxygen atoms in total. The second kappa shape index (κ2) is 5.03. The van der Waals surface area contributed by atoms with Crippen molar-refractivity contribution in [3.05, 3.63) is 29.6 Å². The highest BCUT2D eigenvalue weighted by molar-refractivity contribution is 7.80. The van der Waals surface area contributed by atoms with E-state index < -0.39 is 0 Å². The van der Waals surface area contributed by atoms with Crippen LogP contribution in [0, 0.1) is 16.7 Å². The summed E-state index contributed by atoms with van der Waals surface area (Å²) in [4.78, 5) is 4.51. The third-order valence-electron chi connectivity index (χ3n) is 6.24. The Bertz CT molecular complexity index is 572. The van der Waals surface area contributed by atoms with Crippen molar-refractivity contribution >= 4 is 17.2 Å². The third kappa shape index (κ3) is 2.29. The van der Waals surface area contributed by atoms with Crippen LogP contribution < -0.4 is 5.73 Å². The quantitative estimate of drug-likeness (QED) is 0.866. The number of rotatable bonds is 4. The van der Waals surface area contributed by atoms with Crippen molar-refractivity contribution in [3.63, 3.8) is 0 Å². The van der Waals surface area contributed by atoms with Crippen LogP contribution in [-0.2, 0) is 11.3 Å². The fourth-order valence-electron chi connectivity index (χ4n) is 4.28. The predicted molar refractivity (Wildman–Crippen MR) is 87.9 cm³/mol. The van der Waals surface area contributed by atoms with Crippen molar-refractivity contribution in [2.75, 3.05) is 0 Å². The highest BCUT2D eigenvalue weighted by atomic mass is 32.1. The molecule has 0 aromatic carbocycles. The molecular formula is C17H24N2OS. The molecule has 0 aliphatic heterocycles. The highest BCUT2D eigenvalue weighted by Crippen LogP contribution is 2.66. The summed E-state index contributed by atoms with van der Waals surface area (Å²) in [6.45, 7) is 7.83. The van der Waals surface area contributed by atoms with Crippen molar-refractivity contribution in [3.8, 4) is 0 Å². The molecule has 3 unspecified atom stereocenters. The Kier molecular flexibility index (Phi) is 3.57. The molecule has 2 fully saturated rings. The number of nitrogens with two attached hydrogens (primary N) is 1. The average molecular weight is 304 g/mol. The van der Waals surface area contributed by atoms with Gasteiger partial charge in [0.05, 0.1) is 18.4 Å². The van der Waals surface area contributed by atoms with E-state index in [-0.39, 0.29) is 0 Å². The molecule has 0 radical (unpaired) electrons. The smallest absolute Gasteiger partial charge is 0.122 e. The van der Waals surface area contributed by atoms with E-state index in [4.69, 9.17) is 22.7 Å². The van der Waals surface area contributed by atoms with Crippen LogP contribution in [0.4, 0.5) is 0 Å². The van der Waals surface area contributed by atoms with Crippen LogP contribution in [-0.4, -0.2) is 16.1 Å². The molecule has 0 spiro atoms. The molecular weight excluding hydrogens is 280 g/mol. The van der Waals surface area contributed by atoms with Crippen molar-refractivity contribution in [1.82, 2.24) is 4.98 Å². The van der Waals surface area contributed by atoms with E-state index >= 15 is 0 Å². The maximum Gasteiger partial charge on any atom is 0.122 e. The maximum absolute atomic E-state index is 6.28. The molecule has 21 heavy (non-hydrogen) atoms. The standard InChI is InChI=1S/C17H24N2OS/c1-16(2)12-4-6-17(16,3)14(9-12)20-10-11-5-7-19-13(8-11)15(18)21/h5,7-8,12,14H,4,6,9-10H2,1-3H3,(H2,18,21). The summed E-state index contributed by atoms with van der Waals surface area (Å²) < 4.78 is 6.28. The molecule has 2 aliphatic carbocycles. The second-order valence-corrected chi connectivity index (χ2v) is 7.76. The summed E-state index contributed by atoms with van der Waals surface area (Å²) >= 11 is 4.98. The number of aromatic nitrogens is 1. The number of fused-ring (bicyclic) bond motifs is 2. The number of hydrogen-bond donors (Lipinski definition) is 1. The Labute approximate surface area is 132 Å². The molecule has 1 heterocycles. The zero-order valence-corrected chi connectivity index (χ0v) is 13.9. The van der Waals surface area contributed by atoms with Gasteiger partial charge in [-0.3, -0.25) is 4.98 Å². The summed E-state index contributed by atoms with van der Waals surface area (Å²) in [6.07, 6.45) is 5.93. The van der Waals surface area contributed by atoms with Crippen LogP contribution in [0.15, 0.2) is 18.3 Å². The molecule has 1 aromatic heterocycles. The molecule has 2 N–H and O–H groups in total. The largest absolute Gasteiger partial charge is 0.388 e. The summed E-state index contributed by atoms with van der Waals surface area (Å²) in [5, 5.41) is 0. The fraction of sp³-hybridized carbons (Fsp3) is 0.647. The molecule has 4 heteroatoms. The lowest BCUT2D eigenvalue weighted by Crippen LogP contribution is -2.37. The van der Waals surface area contributed by atoms with Crippen LogP contribution in [0.5, 0.6) is 0 Å². The van der Waals surface area contributed by atoms with Crippen LogP contribution in [0.25, 0.3) is 0 Å². The van der Waals surface area contributed by atoms with Crippen molar-refractivity contribution in [2.45, 2.75) is 52.7 Å². The van der Waals surface area contributed by atoms with Crippen molar-refractivity contribution in [1.29, 1.82) is 0 Å². The minimum atomic E-state index is 0.302. The Morgan fingerprint density at radius 3 is 2.81 bits per heavy atom.